The molecule has 0 heterocycles. The number of esters is 1. The molecule has 0 saturated carbocycles. The summed E-state index contributed by atoms with van der Waals surface area (Å²) in [5, 5.41) is 9.06. The maximum Gasteiger partial charge on any atom is 0.339 e. The van der Waals surface area contributed by atoms with Crippen LogP contribution >= 0.6 is 0 Å². The van der Waals surface area contributed by atoms with E-state index in [1.165, 1.54) is 31.4 Å². The van der Waals surface area contributed by atoms with Crippen LogP contribution in [0.4, 0.5) is 0 Å². The largest absolute Gasteiger partial charge is 0.478 e. The molecule has 0 aliphatic rings. The van der Waals surface area contributed by atoms with E-state index in [1.54, 1.807) is 12.1 Å². The van der Waals surface area contributed by atoms with Gasteiger partial charge >= 0.3 is 11.9 Å². The van der Waals surface area contributed by atoms with Crippen LogP contribution in [0.3, 0.4) is 0 Å². The van der Waals surface area contributed by atoms with Crippen molar-refractivity contribution >= 4 is 11.9 Å². The molecule has 0 unspecified atom stereocenters. The molecule has 1 N–H and O–H groups in total. The number of carbonyl (C=O) groups excluding carboxylic acids is 1. The third-order valence-electron chi connectivity index (χ3n) is 3.40. The fraction of sp³-hybridized carbons (Fsp3) is 0.529. The van der Waals surface area contributed by atoms with Gasteiger partial charge < -0.3 is 9.84 Å². The number of rotatable bonds is 9. The van der Waals surface area contributed by atoms with E-state index >= 15 is 0 Å². The van der Waals surface area contributed by atoms with Gasteiger partial charge in [0.2, 0.25) is 0 Å². The third kappa shape index (κ3) is 5.98. The summed E-state index contributed by atoms with van der Waals surface area (Å²) >= 11 is 0. The minimum Gasteiger partial charge on any atom is -0.478 e. The zero-order valence-corrected chi connectivity index (χ0v) is 12.8. The zero-order valence-electron chi connectivity index (χ0n) is 12.8. The van der Waals surface area contributed by atoms with Crippen LogP contribution in [-0.4, -0.2) is 23.1 Å². The first kappa shape index (κ1) is 17.2. The molecule has 0 saturated heterocycles. The van der Waals surface area contributed by atoms with E-state index in [1.807, 2.05) is 6.92 Å². The molecule has 0 aliphatic carbocycles. The minimum absolute atomic E-state index is 0.0161. The number of ether oxygens (including phenoxy) is 1. The number of carbonyl (C=O) groups is 2. The van der Waals surface area contributed by atoms with E-state index in [9.17, 15) is 9.59 Å². The molecule has 4 heteroatoms. The number of carboxylic acid groups (broad SMARTS) is 1. The van der Waals surface area contributed by atoms with Crippen LogP contribution in [0.1, 0.15) is 73.1 Å². The maximum atomic E-state index is 12.0. The van der Waals surface area contributed by atoms with Gasteiger partial charge in [-0.1, -0.05) is 44.7 Å². The van der Waals surface area contributed by atoms with Gasteiger partial charge in [0, 0.05) is 0 Å². The highest BCUT2D eigenvalue weighted by Gasteiger charge is 2.18. The molecule has 4 nitrogen and oxygen atoms in total. The van der Waals surface area contributed by atoms with E-state index in [0.29, 0.717) is 0 Å². The van der Waals surface area contributed by atoms with Crippen LogP contribution in [0.5, 0.6) is 0 Å². The van der Waals surface area contributed by atoms with Crippen LogP contribution in [0.15, 0.2) is 24.3 Å². The van der Waals surface area contributed by atoms with Gasteiger partial charge in [0.05, 0.1) is 17.2 Å². The molecule has 0 amide bonds. The molecular weight excluding hydrogens is 268 g/mol. The standard InChI is InChI=1S/C17H24O4/c1-3-4-5-6-7-10-13(2)21-17(20)15-12-9-8-11-14(15)16(18)19/h8-9,11-13H,3-7,10H2,1-2H3,(H,18,19)/t13-/m1/s1. The maximum absolute atomic E-state index is 12.0. The molecule has 0 spiro atoms. The van der Waals surface area contributed by atoms with Gasteiger partial charge in [-0.05, 0) is 31.9 Å². The highest BCUT2D eigenvalue weighted by atomic mass is 16.5. The molecule has 116 valence electrons. The summed E-state index contributed by atoms with van der Waals surface area (Å²) in [4.78, 5) is 23.1. The monoisotopic (exact) mass is 292 g/mol. The highest BCUT2D eigenvalue weighted by molar-refractivity contribution is 6.02. The van der Waals surface area contributed by atoms with Crippen molar-refractivity contribution in [3.8, 4) is 0 Å². The molecule has 21 heavy (non-hydrogen) atoms. The number of hydrogen-bond acceptors (Lipinski definition) is 3. The average molecular weight is 292 g/mol. The summed E-state index contributed by atoms with van der Waals surface area (Å²) < 4.78 is 5.33. The Labute approximate surface area is 126 Å². The van der Waals surface area contributed by atoms with Crippen LogP contribution in [0, 0.1) is 0 Å². The van der Waals surface area contributed by atoms with Gasteiger partial charge in [-0.3, -0.25) is 0 Å². The smallest absolute Gasteiger partial charge is 0.339 e. The number of benzene rings is 1. The molecule has 1 aromatic rings. The molecule has 0 radical (unpaired) electrons. The molecular formula is C17H24O4. The highest BCUT2D eigenvalue weighted by Crippen LogP contribution is 2.14. The normalized spacial score (nSPS) is 11.9. The predicted octanol–water partition coefficient (Wildman–Crippen LogP) is 4.29. The summed E-state index contributed by atoms with van der Waals surface area (Å²) in [6, 6.07) is 6.13. The van der Waals surface area contributed by atoms with Gasteiger partial charge in [-0.15, -0.1) is 0 Å². The Morgan fingerprint density at radius 3 is 2.33 bits per heavy atom. The second-order valence-electron chi connectivity index (χ2n) is 5.27. The third-order valence-corrected chi connectivity index (χ3v) is 3.40. The van der Waals surface area contributed by atoms with Crippen LogP contribution in [-0.2, 0) is 4.74 Å². The number of carboxylic acids is 1. The lowest BCUT2D eigenvalue weighted by atomic mass is 10.1. The first-order valence-corrected chi connectivity index (χ1v) is 7.59. The van der Waals surface area contributed by atoms with E-state index in [-0.39, 0.29) is 17.2 Å². The second-order valence-corrected chi connectivity index (χ2v) is 5.27. The summed E-state index contributed by atoms with van der Waals surface area (Å²) in [5.74, 6) is -1.68. The second kappa shape index (κ2) is 9.16. The first-order chi connectivity index (χ1) is 10.1. The Balaban J connectivity index is 2.47. The quantitative estimate of drug-likeness (QED) is 0.544. The number of aromatic carboxylic acids is 1. The van der Waals surface area contributed by atoms with Crippen molar-refractivity contribution in [2.45, 2.75) is 58.5 Å². The molecule has 1 aromatic carbocycles. The lowest BCUT2D eigenvalue weighted by Crippen LogP contribution is -2.17. The van der Waals surface area contributed by atoms with Gasteiger partial charge in [0.25, 0.3) is 0 Å². The Kier molecular flexibility index (Phi) is 7.51. The topological polar surface area (TPSA) is 63.6 Å². The van der Waals surface area contributed by atoms with Crippen molar-refractivity contribution in [2.75, 3.05) is 0 Å². The molecule has 1 atom stereocenters. The van der Waals surface area contributed by atoms with Gasteiger partial charge in [-0.2, -0.15) is 0 Å². The van der Waals surface area contributed by atoms with Crippen molar-refractivity contribution in [1.82, 2.24) is 0 Å². The van der Waals surface area contributed by atoms with E-state index < -0.39 is 11.9 Å². The summed E-state index contributed by atoms with van der Waals surface area (Å²) in [6.45, 7) is 4.02. The van der Waals surface area contributed by atoms with Crippen molar-refractivity contribution < 1.29 is 19.4 Å². The van der Waals surface area contributed by atoms with Crippen LogP contribution in [0.25, 0.3) is 0 Å². The average Bonchev–Trinajstić information content (AvgIpc) is 2.47. The van der Waals surface area contributed by atoms with Gasteiger partial charge in [0.1, 0.15) is 0 Å². The Hall–Kier alpha value is -1.84. The van der Waals surface area contributed by atoms with E-state index in [0.717, 1.165) is 19.3 Å². The van der Waals surface area contributed by atoms with Crippen molar-refractivity contribution in [3.05, 3.63) is 35.4 Å². The molecule has 0 aliphatic heterocycles. The fourth-order valence-corrected chi connectivity index (χ4v) is 2.19. The van der Waals surface area contributed by atoms with Gasteiger partial charge in [0.15, 0.2) is 0 Å². The molecule has 0 fully saturated rings. The van der Waals surface area contributed by atoms with E-state index in [4.69, 9.17) is 9.84 Å². The summed E-state index contributed by atoms with van der Waals surface area (Å²) in [7, 11) is 0. The Morgan fingerprint density at radius 2 is 1.71 bits per heavy atom. The molecule has 0 aromatic heterocycles. The number of unbranched alkanes of at least 4 members (excludes halogenated alkanes) is 4. The molecule has 0 bridgehead atoms. The van der Waals surface area contributed by atoms with Crippen molar-refractivity contribution in [3.63, 3.8) is 0 Å². The summed E-state index contributed by atoms with van der Waals surface area (Å²) in [6.07, 6.45) is 6.43. The Morgan fingerprint density at radius 1 is 1.10 bits per heavy atom. The summed E-state index contributed by atoms with van der Waals surface area (Å²) in [5.41, 5.74) is 0.0977. The number of hydrogen-bond donors (Lipinski definition) is 1. The SMILES string of the molecule is CCCCCCC[C@@H](C)OC(=O)c1ccccc1C(=O)O. The first-order valence-electron chi connectivity index (χ1n) is 7.59. The Bertz CT molecular complexity index is 468. The fourth-order valence-electron chi connectivity index (χ4n) is 2.19. The minimum atomic E-state index is -1.12. The zero-order chi connectivity index (χ0) is 15.7. The molecule has 1 rings (SSSR count). The van der Waals surface area contributed by atoms with Crippen LogP contribution < -0.4 is 0 Å². The van der Waals surface area contributed by atoms with Crippen LogP contribution in [0.2, 0.25) is 0 Å². The van der Waals surface area contributed by atoms with E-state index in [2.05, 4.69) is 6.92 Å². The lowest BCUT2D eigenvalue weighted by molar-refractivity contribution is 0.0313. The van der Waals surface area contributed by atoms with Crippen molar-refractivity contribution in [1.29, 1.82) is 0 Å². The predicted molar refractivity (Wildman–Crippen MR) is 81.7 cm³/mol. The van der Waals surface area contributed by atoms with Gasteiger partial charge in [-0.25, -0.2) is 9.59 Å². The van der Waals surface area contributed by atoms with Crippen molar-refractivity contribution in [2.24, 2.45) is 0 Å². The lowest BCUT2D eigenvalue weighted by Gasteiger charge is -2.14.